The molecule has 0 heterocycles. The van der Waals surface area contributed by atoms with Gasteiger partial charge in [-0.15, -0.1) is 0 Å². The van der Waals surface area contributed by atoms with Crippen LogP contribution in [0.2, 0.25) is 0 Å². The Balaban J connectivity index is 2.17. The lowest BCUT2D eigenvalue weighted by Crippen LogP contribution is -2.48. The number of ether oxygens (including phenoxy) is 1. The average molecular weight is 280 g/mol. The standard InChI is InChI=1S/C17H28O3/c1-11(2)14-7-8-17(4,19)16-6-5-13(9-15(14)16)10-20-12(3)18/h9,11,14-16,19H,5-8,10H2,1-4H3/t14-,15-,16+,17+/m0/s1. The van der Waals surface area contributed by atoms with E-state index in [1.165, 1.54) is 12.5 Å². The number of carbonyl (C=O) groups is 1. The summed E-state index contributed by atoms with van der Waals surface area (Å²) in [6.07, 6.45) is 6.24. The molecule has 0 unspecified atom stereocenters. The highest BCUT2D eigenvalue weighted by atomic mass is 16.5. The van der Waals surface area contributed by atoms with Crippen LogP contribution in [0.1, 0.15) is 53.4 Å². The van der Waals surface area contributed by atoms with E-state index in [9.17, 15) is 9.90 Å². The first kappa shape index (κ1) is 15.6. The van der Waals surface area contributed by atoms with Gasteiger partial charge in [0, 0.05) is 6.92 Å². The van der Waals surface area contributed by atoms with Gasteiger partial charge in [0.05, 0.1) is 5.60 Å². The molecule has 4 atom stereocenters. The number of esters is 1. The fourth-order valence-electron chi connectivity index (χ4n) is 4.08. The SMILES string of the molecule is CC(=O)OCC1=C[C@@H]2[C@@H](CC1)[C@](C)(O)CC[C@H]2C(C)C. The Morgan fingerprint density at radius 1 is 1.50 bits per heavy atom. The normalized spacial score (nSPS) is 37.3. The molecule has 1 N–H and O–H groups in total. The van der Waals surface area contributed by atoms with Gasteiger partial charge in [0.25, 0.3) is 0 Å². The first-order valence-electron chi connectivity index (χ1n) is 7.86. The fraction of sp³-hybridized carbons (Fsp3) is 0.824. The van der Waals surface area contributed by atoms with E-state index in [-0.39, 0.29) is 5.97 Å². The Bertz CT molecular complexity index is 395. The molecule has 0 aromatic rings. The monoisotopic (exact) mass is 280 g/mol. The zero-order chi connectivity index (χ0) is 14.9. The number of hydrogen-bond acceptors (Lipinski definition) is 3. The van der Waals surface area contributed by atoms with Crippen molar-refractivity contribution in [1.82, 2.24) is 0 Å². The van der Waals surface area contributed by atoms with E-state index in [0.29, 0.717) is 30.3 Å². The second kappa shape index (κ2) is 5.88. The largest absolute Gasteiger partial charge is 0.461 e. The van der Waals surface area contributed by atoms with Crippen LogP contribution < -0.4 is 0 Å². The third-order valence-corrected chi connectivity index (χ3v) is 5.26. The predicted octanol–water partition coefficient (Wildman–Crippen LogP) is 3.32. The number of fused-ring (bicyclic) bond motifs is 1. The van der Waals surface area contributed by atoms with Crippen molar-refractivity contribution in [3.63, 3.8) is 0 Å². The van der Waals surface area contributed by atoms with Gasteiger partial charge in [0.15, 0.2) is 0 Å². The van der Waals surface area contributed by atoms with Gasteiger partial charge in [0.1, 0.15) is 6.61 Å². The molecule has 1 saturated carbocycles. The fourth-order valence-corrected chi connectivity index (χ4v) is 4.08. The number of aliphatic hydroxyl groups is 1. The van der Waals surface area contributed by atoms with E-state index in [2.05, 4.69) is 19.9 Å². The van der Waals surface area contributed by atoms with Crippen molar-refractivity contribution in [2.24, 2.45) is 23.7 Å². The quantitative estimate of drug-likeness (QED) is 0.637. The molecule has 20 heavy (non-hydrogen) atoms. The summed E-state index contributed by atoms with van der Waals surface area (Å²) in [5.74, 6) is 1.82. The molecule has 0 saturated heterocycles. The summed E-state index contributed by atoms with van der Waals surface area (Å²) in [5.41, 5.74) is 0.685. The summed E-state index contributed by atoms with van der Waals surface area (Å²) in [6.45, 7) is 8.41. The summed E-state index contributed by atoms with van der Waals surface area (Å²) >= 11 is 0. The predicted molar refractivity (Wildman–Crippen MR) is 79.1 cm³/mol. The van der Waals surface area contributed by atoms with Gasteiger partial charge in [-0.3, -0.25) is 4.79 Å². The van der Waals surface area contributed by atoms with Gasteiger partial charge in [-0.05, 0) is 61.9 Å². The van der Waals surface area contributed by atoms with Gasteiger partial charge in [-0.2, -0.15) is 0 Å². The smallest absolute Gasteiger partial charge is 0.302 e. The highest BCUT2D eigenvalue weighted by molar-refractivity contribution is 5.66. The maximum Gasteiger partial charge on any atom is 0.302 e. The minimum absolute atomic E-state index is 0.218. The van der Waals surface area contributed by atoms with E-state index >= 15 is 0 Å². The van der Waals surface area contributed by atoms with Gasteiger partial charge < -0.3 is 9.84 Å². The summed E-state index contributed by atoms with van der Waals surface area (Å²) in [7, 11) is 0. The van der Waals surface area contributed by atoms with Crippen molar-refractivity contribution in [3.05, 3.63) is 11.6 Å². The second-order valence-corrected chi connectivity index (χ2v) is 7.13. The molecule has 2 aliphatic carbocycles. The van der Waals surface area contributed by atoms with E-state index in [1.54, 1.807) is 0 Å². The molecule has 0 aliphatic heterocycles. The molecule has 3 nitrogen and oxygen atoms in total. The third kappa shape index (κ3) is 3.25. The van der Waals surface area contributed by atoms with Crippen LogP contribution in [0.3, 0.4) is 0 Å². The summed E-state index contributed by atoms with van der Waals surface area (Å²) in [4.78, 5) is 11.0. The van der Waals surface area contributed by atoms with Gasteiger partial charge in [0.2, 0.25) is 0 Å². The van der Waals surface area contributed by atoms with Crippen LogP contribution in [-0.2, 0) is 9.53 Å². The van der Waals surface area contributed by atoms with Crippen molar-refractivity contribution in [2.45, 2.75) is 59.0 Å². The molecule has 0 radical (unpaired) electrons. The number of carbonyl (C=O) groups excluding carboxylic acids is 1. The molecule has 3 heteroatoms. The topological polar surface area (TPSA) is 46.5 Å². The van der Waals surface area contributed by atoms with Crippen LogP contribution in [0.25, 0.3) is 0 Å². The molecular weight excluding hydrogens is 252 g/mol. The van der Waals surface area contributed by atoms with Gasteiger partial charge >= 0.3 is 5.97 Å². The molecule has 2 aliphatic rings. The lowest BCUT2D eigenvalue weighted by Gasteiger charge is -2.49. The van der Waals surface area contributed by atoms with Crippen LogP contribution in [0, 0.1) is 23.7 Å². The van der Waals surface area contributed by atoms with Crippen molar-refractivity contribution in [1.29, 1.82) is 0 Å². The molecule has 0 aromatic carbocycles. The highest BCUT2D eigenvalue weighted by Crippen LogP contribution is 2.49. The Hall–Kier alpha value is -0.830. The van der Waals surface area contributed by atoms with Gasteiger partial charge in [-0.25, -0.2) is 0 Å². The molecule has 0 amide bonds. The van der Waals surface area contributed by atoms with Crippen molar-refractivity contribution in [3.8, 4) is 0 Å². The van der Waals surface area contributed by atoms with Crippen molar-refractivity contribution >= 4 is 5.97 Å². The van der Waals surface area contributed by atoms with Crippen LogP contribution in [-0.4, -0.2) is 23.3 Å². The zero-order valence-electron chi connectivity index (χ0n) is 13.2. The van der Waals surface area contributed by atoms with Crippen LogP contribution >= 0.6 is 0 Å². The number of allylic oxidation sites excluding steroid dienone is 1. The molecule has 1 fully saturated rings. The van der Waals surface area contributed by atoms with Crippen LogP contribution in [0.4, 0.5) is 0 Å². The molecule has 2 rings (SSSR count). The Kier molecular flexibility index (Phi) is 4.58. The molecule has 0 bridgehead atoms. The zero-order valence-corrected chi connectivity index (χ0v) is 13.2. The maximum absolute atomic E-state index is 11.0. The van der Waals surface area contributed by atoms with Crippen molar-refractivity contribution < 1.29 is 14.6 Å². The maximum atomic E-state index is 11.0. The summed E-state index contributed by atoms with van der Waals surface area (Å²) in [5, 5.41) is 10.7. The lowest BCUT2D eigenvalue weighted by molar-refractivity contribution is -0.140. The van der Waals surface area contributed by atoms with E-state index in [0.717, 1.165) is 25.7 Å². The Morgan fingerprint density at radius 2 is 2.20 bits per heavy atom. The molecular formula is C17H28O3. The van der Waals surface area contributed by atoms with E-state index < -0.39 is 5.60 Å². The molecule has 0 spiro atoms. The first-order chi connectivity index (χ1) is 9.31. The van der Waals surface area contributed by atoms with Crippen LogP contribution in [0.5, 0.6) is 0 Å². The summed E-state index contributed by atoms with van der Waals surface area (Å²) < 4.78 is 5.14. The minimum Gasteiger partial charge on any atom is -0.461 e. The second-order valence-electron chi connectivity index (χ2n) is 7.13. The Labute approximate surface area is 122 Å². The van der Waals surface area contributed by atoms with Gasteiger partial charge in [-0.1, -0.05) is 19.9 Å². The van der Waals surface area contributed by atoms with Crippen molar-refractivity contribution in [2.75, 3.05) is 6.61 Å². The molecule has 114 valence electrons. The molecule has 0 aromatic heterocycles. The van der Waals surface area contributed by atoms with E-state index in [4.69, 9.17) is 4.74 Å². The minimum atomic E-state index is -0.542. The average Bonchev–Trinajstić information content (AvgIpc) is 2.35. The highest BCUT2D eigenvalue weighted by Gasteiger charge is 2.46. The third-order valence-electron chi connectivity index (χ3n) is 5.26. The first-order valence-corrected chi connectivity index (χ1v) is 7.86. The van der Waals surface area contributed by atoms with Crippen LogP contribution in [0.15, 0.2) is 11.6 Å². The Morgan fingerprint density at radius 3 is 2.80 bits per heavy atom. The summed E-state index contributed by atoms with van der Waals surface area (Å²) in [6, 6.07) is 0. The van der Waals surface area contributed by atoms with E-state index in [1.807, 2.05) is 6.92 Å². The lowest BCUT2D eigenvalue weighted by atomic mass is 9.58. The number of rotatable bonds is 3. The number of hydrogen-bond donors (Lipinski definition) is 1.